The number of aliphatic hydroxyl groups is 2. The summed E-state index contributed by atoms with van der Waals surface area (Å²) >= 11 is 7.71. The quantitative estimate of drug-likeness (QED) is 0.332. The van der Waals surface area contributed by atoms with Crippen molar-refractivity contribution >= 4 is 35.6 Å². The lowest BCUT2D eigenvalue weighted by atomic mass is 9.93. The molecule has 2 aliphatic rings. The Kier molecular flexibility index (Phi) is 10.00. The molecule has 162 valence electrons. The van der Waals surface area contributed by atoms with Crippen molar-refractivity contribution in [2.45, 2.75) is 86.7 Å². The molecule has 2 saturated heterocycles. The van der Waals surface area contributed by atoms with E-state index in [4.69, 9.17) is 16.3 Å². The third-order valence-corrected chi connectivity index (χ3v) is 6.84. The maximum Gasteiger partial charge on any atom is 0.237 e. The predicted molar refractivity (Wildman–Crippen MR) is 110 cm³/mol. The molecule has 0 saturated carbocycles. The maximum atomic E-state index is 12.9. The smallest absolute Gasteiger partial charge is 0.237 e. The van der Waals surface area contributed by atoms with Crippen molar-refractivity contribution in [1.29, 1.82) is 0 Å². The van der Waals surface area contributed by atoms with Gasteiger partial charge in [0.25, 0.3) is 0 Å². The van der Waals surface area contributed by atoms with E-state index in [1.54, 1.807) is 6.92 Å². The largest absolute Gasteiger partial charge is 0.390 e. The van der Waals surface area contributed by atoms with Crippen molar-refractivity contribution in [1.82, 2.24) is 10.6 Å². The number of thioether (sulfide) groups is 1. The first-order chi connectivity index (χ1) is 13.4. The zero-order valence-corrected chi connectivity index (χ0v) is 18.1. The number of aldehydes is 1. The van der Waals surface area contributed by atoms with Crippen LogP contribution in [-0.4, -0.2) is 76.4 Å². The van der Waals surface area contributed by atoms with Gasteiger partial charge in [0, 0.05) is 12.8 Å². The summed E-state index contributed by atoms with van der Waals surface area (Å²) in [5.74, 6) is 0.293. The van der Waals surface area contributed by atoms with Crippen LogP contribution in [0.2, 0.25) is 0 Å². The van der Waals surface area contributed by atoms with Crippen molar-refractivity contribution in [3.63, 3.8) is 0 Å². The second kappa shape index (κ2) is 11.7. The Labute approximate surface area is 176 Å². The summed E-state index contributed by atoms with van der Waals surface area (Å²) in [6.45, 7) is 2.49. The molecule has 9 heteroatoms. The van der Waals surface area contributed by atoms with E-state index in [1.165, 1.54) is 11.8 Å². The average Bonchev–Trinajstić information content (AvgIpc) is 2.90. The summed E-state index contributed by atoms with van der Waals surface area (Å²) in [5, 5.41) is 26.2. The Hall–Kier alpha value is -0.380. The number of halogens is 1. The zero-order valence-electron chi connectivity index (χ0n) is 16.6. The van der Waals surface area contributed by atoms with E-state index in [-0.39, 0.29) is 18.4 Å². The molecule has 1 amide bonds. The molecule has 0 radical (unpaired) electrons. The first-order valence-electron chi connectivity index (χ1n) is 10.0. The molecule has 0 bridgehead atoms. The fraction of sp³-hybridized carbons (Fsp3) is 0.895. The van der Waals surface area contributed by atoms with Crippen LogP contribution in [0, 0.1) is 5.92 Å². The monoisotopic (exact) mass is 436 g/mol. The van der Waals surface area contributed by atoms with Crippen LogP contribution >= 0.6 is 23.4 Å². The Balaban J connectivity index is 1.97. The van der Waals surface area contributed by atoms with Crippen LogP contribution in [0.5, 0.6) is 0 Å². The molecule has 8 atom stereocenters. The van der Waals surface area contributed by atoms with Crippen LogP contribution in [0.3, 0.4) is 0 Å². The fourth-order valence-corrected chi connectivity index (χ4v) is 4.89. The third-order valence-electron chi connectivity index (χ3n) is 5.67. The highest BCUT2D eigenvalue weighted by molar-refractivity contribution is 7.99. The van der Waals surface area contributed by atoms with Gasteiger partial charge in [0.05, 0.1) is 29.7 Å². The van der Waals surface area contributed by atoms with Gasteiger partial charge < -0.3 is 30.4 Å². The normalized spacial score (nSPS) is 36.2. The number of ether oxygens (including phenoxy) is 1. The second-order valence-corrected chi connectivity index (χ2v) is 9.39. The highest BCUT2D eigenvalue weighted by atomic mass is 35.5. The number of aliphatic hydroxyl groups excluding tert-OH is 2. The third kappa shape index (κ3) is 6.57. The van der Waals surface area contributed by atoms with Gasteiger partial charge in [-0.25, -0.2) is 0 Å². The Morgan fingerprint density at radius 2 is 2.11 bits per heavy atom. The minimum absolute atomic E-state index is 0.156. The molecule has 2 fully saturated rings. The molecular formula is C19H33ClN2O5S. The topological polar surface area (TPSA) is 108 Å². The van der Waals surface area contributed by atoms with Gasteiger partial charge in [0.1, 0.15) is 17.8 Å². The molecule has 7 nitrogen and oxygen atoms in total. The molecule has 0 aromatic rings. The number of nitrogens with one attached hydrogen (secondary N) is 2. The van der Waals surface area contributed by atoms with E-state index >= 15 is 0 Å². The van der Waals surface area contributed by atoms with Gasteiger partial charge in [-0.1, -0.05) is 0 Å². The number of alkyl halides is 1. The number of hydrogen-bond acceptors (Lipinski definition) is 7. The van der Waals surface area contributed by atoms with Crippen LogP contribution in [0.25, 0.3) is 0 Å². The van der Waals surface area contributed by atoms with E-state index in [0.29, 0.717) is 18.8 Å². The van der Waals surface area contributed by atoms with Gasteiger partial charge >= 0.3 is 0 Å². The van der Waals surface area contributed by atoms with Crippen molar-refractivity contribution in [3.8, 4) is 0 Å². The van der Waals surface area contributed by atoms with Gasteiger partial charge in [0.2, 0.25) is 5.91 Å². The fourth-order valence-electron chi connectivity index (χ4n) is 4.02. The lowest BCUT2D eigenvalue weighted by Crippen LogP contribution is -2.60. The number of carbonyl (C=O) groups excluding carboxylic acids is 2. The van der Waals surface area contributed by atoms with Crippen molar-refractivity contribution in [2.24, 2.45) is 5.92 Å². The minimum Gasteiger partial charge on any atom is -0.390 e. The van der Waals surface area contributed by atoms with E-state index < -0.39 is 35.2 Å². The Morgan fingerprint density at radius 3 is 2.75 bits per heavy atom. The van der Waals surface area contributed by atoms with Crippen molar-refractivity contribution in [2.75, 3.05) is 12.8 Å². The maximum absolute atomic E-state index is 12.9. The Bertz CT molecular complexity index is 513. The molecule has 2 heterocycles. The average molecular weight is 437 g/mol. The minimum atomic E-state index is -0.903. The summed E-state index contributed by atoms with van der Waals surface area (Å²) in [6.07, 6.45) is 4.59. The lowest BCUT2D eigenvalue weighted by molar-refractivity contribution is -0.151. The van der Waals surface area contributed by atoms with Gasteiger partial charge in [-0.15, -0.1) is 23.4 Å². The molecule has 4 N–H and O–H groups in total. The van der Waals surface area contributed by atoms with Crippen LogP contribution in [0.4, 0.5) is 0 Å². The second-order valence-electron chi connectivity index (χ2n) is 7.77. The molecule has 28 heavy (non-hydrogen) atoms. The number of hydrogen-bond donors (Lipinski definition) is 4. The Morgan fingerprint density at radius 1 is 1.36 bits per heavy atom. The van der Waals surface area contributed by atoms with Crippen LogP contribution in [-0.2, 0) is 14.3 Å². The molecule has 2 rings (SSSR count). The zero-order chi connectivity index (χ0) is 20.7. The first kappa shape index (κ1) is 23.9. The van der Waals surface area contributed by atoms with E-state index in [9.17, 15) is 19.8 Å². The highest BCUT2D eigenvalue weighted by Gasteiger charge is 2.42. The summed E-state index contributed by atoms with van der Waals surface area (Å²) in [7, 11) is 0. The summed E-state index contributed by atoms with van der Waals surface area (Å²) in [6, 6.07) is -0.899. The molecular weight excluding hydrogens is 404 g/mol. The standard InChI is InChI=1S/C19H33ClN2O5S/c1-11(20)16(17-14(24)10-15(25)19(27-17)28-2)22-18(26)13-6-5-12(4-3-9-23)7-8-21-13/h9,11-17,19,21,24-25H,3-8,10H2,1-2H3,(H,22,26)/t11?,12-,13?,14-,15?,16?,17?,19?/m0/s1. The van der Waals surface area contributed by atoms with Crippen LogP contribution in [0.15, 0.2) is 0 Å². The number of amides is 1. The molecule has 0 aliphatic carbocycles. The van der Waals surface area contributed by atoms with E-state index in [1.807, 2.05) is 6.26 Å². The van der Waals surface area contributed by atoms with E-state index in [2.05, 4.69) is 10.6 Å². The first-order valence-corrected chi connectivity index (χ1v) is 11.8. The molecule has 2 aliphatic heterocycles. The highest BCUT2D eigenvalue weighted by Crippen LogP contribution is 2.30. The lowest BCUT2D eigenvalue weighted by Gasteiger charge is -2.41. The van der Waals surface area contributed by atoms with Crippen LogP contribution < -0.4 is 10.6 Å². The van der Waals surface area contributed by atoms with Crippen molar-refractivity contribution in [3.05, 3.63) is 0 Å². The molecule has 6 unspecified atom stereocenters. The molecule has 0 aromatic carbocycles. The number of carbonyl (C=O) groups is 2. The van der Waals surface area contributed by atoms with Gasteiger partial charge in [-0.2, -0.15) is 0 Å². The van der Waals surface area contributed by atoms with Gasteiger partial charge in [-0.3, -0.25) is 4.79 Å². The number of rotatable bonds is 8. The summed E-state index contributed by atoms with van der Waals surface area (Å²) < 4.78 is 5.87. The summed E-state index contributed by atoms with van der Waals surface area (Å²) in [4.78, 5) is 23.5. The van der Waals surface area contributed by atoms with Crippen molar-refractivity contribution < 1.29 is 24.5 Å². The molecule has 0 aromatic heterocycles. The van der Waals surface area contributed by atoms with Gasteiger partial charge in [0.15, 0.2) is 0 Å². The SMILES string of the molecule is CSC1OC(C(NC(=O)C2CC[C@H](CCC=O)CCN2)C(C)Cl)[C@@H](O)CC1O. The van der Waals surface area contributed by atoms with Gasteiger partial charge in [-0.05, 0) is 51.3 Å². The molecule has 0 spiro atoms. The summed E-state index contributed by atoms with van der Waals surface area (Å²) in [5.41, 5.74) is -0.460. The van der Waals surface area contributed by atoms with E-state index in [0.717, 1.165) is 32.1 Å². The van der Waals surface area contributed by atoms with Crippen LogP contribution in [0.1, 0.15) is 45.4 Å². The predicted octanol–water partition coefficient (Wildman–Crippen LogP) is 1.04.